The number of hydrogen-bond acceptors (Lipinski definition) is 5. The number of fused-ring (bicyclic) bond motifs is 3. The van der Waals surface area contributed by atoms with Gasteiger partial charge in [0.2, 0.25) is 5.91 Å². The number of halogens is 2. The van der Waals surface area contributed by atoms with Crippen LogP contribution in [-0.4, -0.2) is 51.7 Å². The molecule has 6 nitrogen and oxygen atoms in total. The van der Waals surface area contributed by atoms with E-state index in [1.807, 2.05) is 59.5 Å². The van der Waals surface area contributed by atoms with E-state index in [2.05, 4.69) is 59.2 Å². The molecule has 3 heterocycles. The Hall–Kier alpha value is -2.91. The third-order valence-electron chi connectivity index (χ3n) is 9.33. The number of benzene rings is 3. The highest BCUT2D eigenvalue weighted by molar-refractivity contribution is 9.10. The van der Waals surface area contributed by atoms with Gasteiger partial charge in [0.1, 0.15) is 18.3 Å². The Kier molecular flexibility index (Phi) is 8.33. The van der Waals surface area contributed by atoms with Crippen molar-refractivity contribution in [3.63, 3.8) is 0 Å². The summed E-state index contributed by atoms with van der Waals surface area (Å²) in [6.07, 6.45) is 3.04. The van der Waals surface area contributed by atoms with Gasteiger partial charge in [-0.15, -0.1) is 6.58 Å². The van der Waals surface area contributed by atoms with Gasteiger partial charge in [-0.05, 0) is 78.0 Å². The number of carbonyl (C=O) groups excluding carboxylic acids is 1. The highest BCUT2D eigenvalue weighted by Crippen LogP contribution is 2.63. The zero-order valence-corrected chi connectivity index (χ0v) is 29.2. The molecule has 1 saturated heterocycles. The summed E-state index contributed by atoms with van der Waals surface area (Å²) >= 11 is 10.4. The van der Waals surface area contributed by atoms with Gasteiger partial charge < -0.3 is 19.3 Å². The Balaban J connectivity index is 1.51. The molecule has 3 aliphatic rings. The van der Waals surface area contributed by atoms with E-state index in [9.17, 15) is 0 Å². The number of anilines is 1. The monoisotopic (exact) mass is 691 g/mol. The lowest BCUT2D eigenvalue weighted by atomic mass is 9.50. The van der Waals surface area contributed by atoms with Crippen LogP contribution in [0.3, 0.4) is 0 Å². The van der Waals surface area contributed by atoms with E-state index in [4.69, 9.17) is 26.1 Å². The molecule has 3 aliphatic heterocycles. The summed E-state index contributed by atoms with van der Waals surface area (Å²) in [6, 6.07) is 21.1. The molecule has 1 fully saturated rings. The van der Waals surface area contributed by atoms with Crippen LogP contribution >= 0.6 is 27.5 Å². The number of aliphatic imine (C=N–C) groups is 1. The Labute approximate surface area is 274 Å². The maximum Gasteiger partial charge on any atom is 0.235 e. The molecule has 3 aromatic rings. The molecule has 9 heteroatoms. The molecule has 0 saturated carbocycles. The second-order valence-corrected chi connectivity index (χ2v) is 20.1. The molecule has 0 radical (unpaired) electrons. The second-order valence-electron chi connectivity index (χ2n) is 13.2. The number of methoxy groups -OCH3 is 1. The average Bonchev–Trinajstić information content (AvgIpc) is 3.24. The number of amidine groups is 1. The Morgan fingerprint density at radius 3 is 2.57 bits per heavy atom. The van der Waals surface area contributed by atoms with E-state index in [1.165, 1.54) is 0 Å². The Bertz CT molecular complexity index is 1640. The van der Waals surface area contributed by atoms with Gasteiger partial charge >= 0.3 is 0 Å². The quantitative estimate of drug-likeness (QED) is 0.122. The summed E-state index contributed by atoms with van der Waals surface area (Å²) in [5.41, 5.74) is 3.08. The molecule has 230 valence electrons. The van der Waals surface area contributed by atoms with Gasteiger partial charge in [0.25, 0.3) is 0 Å². The van der Waals surface area contributed by atoms with E-state index in [-0.39, 0.29) is 5.91 Å². The smallest absolute Gasteiger partial charge is 0.235 e. The number of piperidine rings is 1. The van der Waals surface area contributed by atoms with Crippen LogP contribution in [-0.2, 0) is 26.9 Å². The van der Waals surface area contributed by atoms with Gasteiger partial charge in [0.05, 0.1) is 23.6 Å². The number of rotatable bonds is 10. The number of hydrogen-bond donors (Lipinski definition) is 0. The normalized spacial score (nSPS) is 22.1. The van der Waals surface area contributed by atoms with Crippen molar-refractivity contribution in [2.45, 2.75) is 55.9 Å². The van der Waals surface area contributed by atoms with Gasteiger partial charge in [-0.25, -0.2) is 4.99 Å². The maximum atomic E-state index is 15.3. The van der Waals surface area contributed by atoms with Crippen LogP contribution in [0.25, 0.3) is 0 Å². The minimum absolute atomic E-state index is 0.0721. The largest absolute Gasteiger partial charge is 0.497 e. The van der Waals surface area contributed by atoms with Gasteiger partial charge in [0.15, 0.2) is 0 Å². The van der Waals surface area contributed by atoms with Crippen molar-refractivity contribution < 1.29 is 14.3 Å². The molecule has 0 unspecified atom stereocenters. The summed E-state index contributed by atoms with van der Waals surface area (Å²) in [5.74, 6) is 1.72. The number of likely N-dealkylation sites (tertiary alicyclic amines) is 1. The molecule has 1 amide bonds. The predicted molar refractivity (Wildman–Crippen MR) is 185 cm³/mol. The topological polar surface area (TPSA) is 54.4 Å². The SMILES string of the molecule is C=CC[C@@]12C(=O)N(Cc3ccc(OC)cc3)CC[C@]13C(=Nc1cc(Br)ccc12)N(COCC[Si](C)(C)C)c1ccc(Cl)cc13. The summed E-state index contributed by atoms with van der Waals surface area (Å²) in [7, 11) is 0.386. The van der Waals surface area contributed by atoms with E-state index in [0.29, 0.717) is 44.3 Å². The predicted octanol–water partition coefficient (Wildman–Crippen LogP) is 8.47. The number of ether oxygens (including phenoxy) is 2. The standard InChI is InChI=1S/C35H39BrClN3O3Si/c1-6-15-35-28-13-9-25(36)20-30(28)38-32-34(35,16-17-39(33(35)41)22-24-7-11-27(42-2)12-8-24)29-21-26(37)10-14-31(29)40(32)23-43-18-19-44(3,4)5/h6-14,20-21H,1,15-19,22-23H2,2-5H3/t34-,35+/m0/s1. The fraction of sp³-hybridized carbons (Fsp3) is 0.371. The zero-order chi connectivity index (χ0) is 31.3. The van der Waals surface area contributed by atoms with E-state index < -0.39 is 18.9 Å². The second kappa shape index (κ2) is 11.8. The lowest BCUT2D eigenvalue weighted by Crippen LogP contribution is -2.68. The molecule has 1 spiro atoms. The lowest BCUT2D eigenvalue weighted by molar-refractivity contribution is -0.144. The van der Waals surface area contributed by atoms with E-state index >= 15 is 4.79 Å². The fourth-order valence-electron chi connectivity index (χ4n) is 7.22. The number of amides is 1. The Morgan fingerprint density at radius 2 is 1.86 bits per heavy atom. The van der Waals surface area contributed by atoms with Crippen molar-refractivity contribution >= 4 is 58.7 Å². The summed E-state index contributed by atoms with van der Waals surface area (Å²) < 4.78 is 12.6. The molecule has 44 heavy (non-hydrogen) atoms. The van der Waals surface area contributed by atoms with Gasteiger partial charge in [-0.2, -0.15) is 0 Å². The van der Waals surface area contributed by atoms with Crippen LogP contribution in [0.1, 0.15) is 29.5 Å². The van der Waals surface area contributed by atoms with Crippen LogP contribution in [0.4, 0.5) is 11.4 Å². The van der Waals surface area contributed by atoms with Crippen LogP contribution in [0.5, 0.6) is 5.75 Å². The van der Waals surface area contributed by atoms with Crippen molar-refractivity contribution in [1.29, 1.82) is 0 Å². The van der Waals surface area contributed by atoms with Gasteiger partial charge in [-0.1, -0.05) is 71.4 Å². The minimum atomic E-state index is -1.27. The van der Waals surface area contributed by atoms with Gasteiger partial charge in [0, 0.05) is 43.0 Å². The molecule has 2 atom stereocenters. The van der Waals surface area contributed by atoms with Crippen LogP contribution in [0.2, 0.25) is 30.7 Å². The maximum absolute atomic E-state index is 15.3. The molecule has 0 N–H and O–H groups in total. The van der Waals surface area contributed by atoms with Crippen molar-refractivity contribution in [1.82, 2.24) is 4.90 Å². The minimum Gasteiger partial charge on any atom is -0.497 e. The molecule has 6 rings (SSSR count). The summed E-state index contributed by atoms with van der Waals surface area (Å²) in [4.78, 5) is 24.8. The summed E-state index contributed by atoms with van der Waals surface area (Å²) in [5, 5.41) is 0.640. The van der Waals surface area contributed by atoms with Crippen molar-refractivity contribution in [2.75, 3.05) is 31.9 Å². The molecule has 0 bridgehead atoms. The highest BCUT2D eigenvalue weighted by atomic mass is 79.9. The van der Waals surface area contributed by atoms with Crippen LogP contribution in [0, 0.1) is 0 Å². The molecule has 0 aliphatic carbocycles. The van der Waals surface area contributed by atoms with Crippen LogP contribution in [0.15, 0.2) is 82.8 Å². The molecule has 3 aromatic carbocycles. The first-order valence-electron chi connectivity index (χ1n) is 15.1. The highest BCUT2D eigenvalue weighted by Gasteiger charge is 2.69. The lowest BCUT2D eigenvalue weighted by Gasteiger charge is -2.56. The third-order valence-corrected chi connectivity index (χ3v) is 11.8. The third kappa shape index (κ3) is 5.04. The van der Waals surface area contributed by atoms with E-state index in [0.717, 1.165) is 50.2 Å². The first kappa shape index (κ1) is 31.1. The zero-order valence-electron chi connectivity index (χ0n) is 25.8. The van der Waals surface area contributed by atoms with E-state index in [1.54, 1.807) is 7.11 Å². The van der Waals surface area contributed by atoms with Gasteiger partial charge in [-0.3, -0.25) is 4.79 Å². The van der Waals surface area contributed by atoms with Crippen molar-refractivity contribution in [3.05, 3.63) is 99.5 Å². The molecular weight excluding hydrogens is 654 g/mol. The van der Waals surface area contributed by atoms with Crippen LogP contribution < -0.4 is 9.64 Å². The molecule has 0 aromatic heterocycles. The Morgan fingerprint density at radius 1 is 1.09 bits per heavy atom. The summed E-state index contributed by atoms with van der Waals surface area (Å²) in [6.45, 7) is 13.4. The molecular formula is C35H39BrClN3O3Si. The first-order valence-corrected chi connectivity index (χ1v) is 20.0. The fourth-order valence-corrected chi connectivity index (χ4v) is 8.49. The average molecular weight is 693 g/mol. The number of carbonyl (C=O) groups is 1. The van der Waals surface area contributed by atoms with Crippen molar-refractivity contribution in [3.8, 4) is 5.75 Å². The van der Waals surface area contributed by atoms with Crippen molar-refractivity contribution in [2.24, 2.45) is 4.99 Å². The number of nitrogens with zero attached hydrogens (tertiary/aromatic N) is 3. The first-order chi connectivity index (χ1) is 21.0. The number of allylic oxidation sites excluding steroid dienone is 1.